The molecular formula is C92H60N4O2S6. The first-order chi connectivity index (χ1) is 51.1. The van der Waals surface area contributed by atoms with E-state index in [9.17, 15) is 25.4 Å². The van der Waals surface area contributed by atoms with E-state index in [-0.39, 0.29) is 22.8 Å². The zero-order valence-electron chi connectivity index (χ0n) is 57.3. The van der Waals surface area contributed by atoms with E-state index in [1.165, 1.54) is 88.0 Å². The van der Waals surface area contributed by atoms with Gasteiger partial charge in [0.05, 0.1) is 61.8 Å². The number of nitriles is 3. The van der Waals surface area contributed by atoms with Crippen molar-refractivity contribution in [2.45, 2.75) is 103 Å². The van der Waals surface area contributed by atoms with Gasteiger partial charge in [0.25, 0.3) is 5.70 Å². The second-order valence-electron chi connectivity index (χ2n) is 26.3. The molecular weight excluding hydrogens is 1390 g/mol. The number of allylic oxidation sites excluding steroid dienone is 6. The van der Waals surface area contributed by atoms with Crippen LogP contribution >= 0.6 is 68.0 Å². The highest BCUT2D eigenvalue weighted by Gasteiger charge is 2.56. The summed E-state index contributed by atoms with van der Waals surface area (Å²) in [5.74, 6) is 24.1. The molecule has 0 saturated heterocycles. The molecule has 0 aliphatic heterocycles. The summed E-state index contributed by atoms with van der Waals surface area (Å²) in [5, 5.41) is 31.2. The maximum Gasteiger partial charge on any atom is 0.270 e. The van der Waals surface area contributed by atoms with E-state index in [4.69, 9.17) is 6.57 Å². The average Bonchev–Trinajstić information content (AvgIpc) is 1.48. The van der Waals surface area contributed by atoms with E-state index in [0.29, 0.717) is 44.5 Å². The quantitative estimate of drug-likeness (QED) is 0.0315. The van der Waals surface area contributed by atoms with Crippen LogP contribution in [-0.4, -0.2) is 11.6 Å². The van der Waals surface area contributed by atoms with Gasteiger partial charge in [0.15, 0.2) is 11.6 Å². The topological polar surface area (TPSA) is 110 Å². The van der Waals surface area contributed by atoms with E-state index in [0.717, 1.165) is 100 Å². The highest BCUT2D eigenvalue weighted by molar-refractivity contribution is 7.37. The number of unbranched alkanes of at least 4 members (excludes halogenated alkanes) is 6. The molecule has 0 bridgehead atoms. The smallest absolute Gasteiger partial charge is 0.270 e. The number of hydrogen-bond donors (Lipinski definition) is 0. The highest BCUT2D eigenvalue weighted by atomic mass is 32.1. The number of ketones is 2. The summed E-state index contributed by atoms with van der Waals surface area (Å²) in [6.07, 6.45) is 15.0. The Morgan fingerprint density at radius 3 is 1.22 bits per heavy atom. The minimum absolute atomic E-state index is 0.1000. The summed E-state index contributed by atoms with van der Waals surface area (Å²) in [7, 11) is 0. The molecule has 4 aliphatic carbocycles. The monoisotopic (exact) mass is 1440 g/mol. The fraction of sp³-hybridized carbons (Fsp3) is 0.174. The first-order valence-corrected chi connectivity index (χ1v) is 39.7. The first kappa shape index (κ1) is 67.3. The van der Waals surface area contributed by atoms with E-state index in [2.05, 4.69) is 193 Å². The Balaban J connectivity index is 0.987. The number of rotatable bonds is 16. The van der Waals surface area contributed by atoms with Crippen molar-refractivity contribution in [2.24, 2.45) is 0 Å². The molecule has 0 radical (unpaired) electrons. The van der Waals surface area contributed by atoms with E-state index < -0.39 is 10.8 Å². The number of nitrogens with zero attached hydrogens (tertiary/aromatic N) is 4. The molecule has 0 N–H and O–H groups in total. The average molecular weight is 1450 g/mol. The lowest BCUT2D eigenvalue weighted by molar-refractivity contribution is 0.103. The summed E-state index contributed by atoms with van der Waals surface area (Å²) < 4.78 is 6.76. The molecule has 4 aliphatic rings. The molecule has 6 aromatic carbocycles. The Morgan fingerprint density at radius 2 is 0.827 bits per heavy atom. The fourth-order valence-corrected chi connectivity index (χ4v) is 24.7. The van der Waals surface area contributed by atoms with Gasteiger partial charge in [-0.15, -0.1) is 68.0 Å². The predicted molar refractivity (Wildman–Crippen MR) is 432 cm³/mol. The minimum atomic E-state index is -0.904. The van der Waals surface area contributed by atoms with Crippen LogP contribution in [0, 0.1) is 87.9 Å². The second kappa shape index (κ2) is 27.9. The van der Waals surface area contributed by atoms with E-state index in [1.54, 1.807) is 71.3 Å². The SMILES string of the molecule is [C-]#[N+]C(C#N)=C1/C(=C/c2cc3sc4c(c3s2)C(c2ccc(C#CC#CC)cc2)(c2ccc(CCCCCC)cc2)c2c-4sc3c4c(sc23)-c2sc3cc(/C=C5\C(=O)c6ccccc6C5=C(C#N)C#N)sc3c2C4(c2ccc(C#CC#CC)cc2)c2ccc(CCCCCC)cc2)C(=O)c2ccccc21. The zero-order valence-corrected chi connectivity index (χ0v) is 62.2. The normalized spacial score (nSPS) is 16.8. The number of aryl methyl sites for hydroxylation is 2. The van der Waals surface area contributed by atoms with Crippen molar-refractivity contribution in [3.05, 3.63) is 290 Å². The summed E-state index contributed by atoms with van der Waals surface area (Å²) in [6.45, 7) is 16.2. The zero-order chi connectivity index (χ0) is 71.4. The Morgan fingerprint density at radius 1 is 0.442 bits per heavy atom. The van der Waals surface area contributed by atoms with Crippen LogP contribution in [0.2, 0.25) is 0 Å². The lowest BCUT2D eigenvalue weighted by atomic mass is 9.67. The summed E-state index contributed by atoms with van der Waals surface area (Å²) >= 11 is 10.6. The third-order valence-corrected chi connectivity index (χ3v) is 28.1. The van der Waals surface area contributed by atoms with Gasteiger partial charge in [-0.05, 0) is 156 Å². The van der Waals surface area contributed by atoms with Crippen LogP contribution in [0.15, 0.2) is 180 Å². The van der Waals surface area contributed by atoms with Crippen molar-refractivity contribution in [1.82, 2.24) is 0 Å². The van der Waals surface area contributed by atoms with Crippen molar-refractivity contribution in [1.29, 1.82) is 15.8 Å². The molecule has 2 atom stereocenters. The molecule has 0 saturated carbocycles. The van der Waals surface area contributed by atoms with Crippen LogP contribution in [0.4, 0.5) is 0 Å². The molecule has 6 nitrogen and oxygen atoms in total. The van der Waals surface area contributed by atoms with Crippen LogP contribution in [0.1, 0.15) is 187 Å². The van der Waals surface area contributed by atoms with Crippen LogP contribution in [0.25, 0.3) is 75.9 Å². The molecule has 0 amide bonds. The van der Waals surface area contributed by atoms with Gasteiger partial charge in [0, 0.05) is 86.0 Å². The maximum absolute atomic E-state index is 14.6. The number of thiophene rings is 6. The van der Waals surface area contributed by atoms with Gasteiger partial charge >= 0.3 is 0 Å². The van der Waals surface area contributed by atoms with Crippen molar-refractivity contribution < 1.29 is 9.59 Å². The van der Waals surface area contributed by atoms with Crippen molar-refractivity contribution >= 4 is 131 Å². The van der Waals surface area contributed by atoms with Crippen LogP contribution in [0.3, 0.4) is 0 Å². The number of carbonyl (C=O) groups is 2. The number of carbonyl (C=O) groups excluding carboxylic acids is 2. The summed E-state index contributed by atoms with van der Waals surface area (Å²) in [5.41, 5.74) is 15.1. The minimum Gasteiger partial charge on any atom is -0.289 e. The molecule has 6 heterocycles. The van der Waals surface area contributed by atoms with Gasteiger partial charge in [-0.3, -0.25) is 9.59 Å². The number of fused-ring (bicyclic) bond motifs is 15. The first-order valence-electron chi connectivity index (χ1n) is 34.8. The van der Waals surface area contributed by atoms with Crippen molar-refractivity contribution in [3.63, 3.8) is 0 Å². The number of hydrogen-bond acceptors (Lipinski definition) is 11. The molecule has 0 fully saturated rings. The molecule has 0 spiro atoms. The summed E-state index contributed by atoms with van der Waals surface area (Å²) in [6, 6.07) is 61.7. The number of benzene rings is 6. The Kier molecular flexibility index (Phi) is 18.0. The molecule has 6 aromatic heterocycles. The van der Waals surface area contributed by atoms with Crippen molar-refractivity contribution in [3.8, 4) is 85.1 Å². The molecule has 104 heavy (non-hydrogen) atoms. The highest BCUT2D eigenvalue weighted by Crippen LogP contribution is 2.72. The second-order valence-corrected chi connectivity index (χ2v) is 32.6. The van der Waals surface area contributed by atoms with Gasteiger partial charge < -0.3 is 0 Å². The van der Waals surface area contributed by atoms with Gasteiger partial charge in [-0.2, -0.15) is 10.5 Å². The lowest BCUT2D eigenvalue weighted by Gasteiger charge is -2.34. The third kappa shape index (κ3) is 10.8. The molecule has 12 aromatic rings. The molecule has 16 rings (SSSR count). The largest absolute Gasteiger partial charge is 0.289 e. The van der Waals surface area contributed by atoms with Crippen LogP contribution in [0.5, 0.6) is 0 Å². The van der Waals surface area contributed by atoms with E-state index >= 15 is 0 Å². The van der Waals surface area contributed by atoms with Gasteiger partial charge in [0.1, 0.15) is 17.7 Å². The van der Waals surface area contributed by atoms with Crippen molar-refractivity contribution in [2.75, 3.05) is 0 Å². The third-order valence-electron chi connectivity index (χ3n) is 20.4. The van der Waals surface area contributed by atoms with Gasteiger partial charge in [-0.1, -0.05) is 197 Å². The van der Waals surface area contributed by atoms with Crippen LogP contribution < -0.4 is 0 Å². The van der Waals surface area contributed by atoms with Crippen LogP contribution in [-0.2, 0) is 23.7 Å². The molecule has 12 heteroatoms. The lowest BCUT2D eigenvalue weighted by Crippen LogP contribution is -2.29. The predicted octanol–water partition coefficient (Wildman–Crippen LogP) is 23.8. The van der Waals surface area contributed by atoms with E-state index in [1.807, 2.05) is 71.2 Å². The molecule has 496 valence electrons. The molecule has 2 unspecified atom stereocenters. The fourth-order valence-electron chi connectivity index (χ4n) is 15.9. The number of Topliss-reactive ketones (excluding diaryl/α,β-unsaturated/α-hetero) is 2. The Hall–Kier alpha value is -11.2. The Labute approximate surface area is 629 Å². The Bertz CT molecular complexity index is 5850. The van der Waals surface area contributed by atoms with Gasteiger partial charge in [-0.25, -0.2) is 10.1 Å². The maximum atomic E-state index is 14.6. The standard InChI is InChI=1S/C92H60N4O2S6/c1-6-10-14-18-26-57-36-44-62(45-37-57)91(60-40-32-55(33-41-60)24-16-12-8-3)77-83-73(50-64(99-83)48-70-75(59(52-93)53-94)66-28-20-22-30-68(66)81(70)97)101-85(77)87-79(91)89-90(103-87)80-88(104-89)86-78(84-74(102-86)51-65(100-84)49-71-76(72(54-95)96-5)67-29-21-23-31-69(67)82(71)98)92(80,61-42-34-56(35-43-61)25-17-13-9-4)63-46-38-58(39-47-63)27-19-15-11-7-2/h20-23,28-51H,6-7,10-11,14-15,18-19,26-27H2,1-4H3/b70-48-,71-49-,76-72?. The van der Waals surface area contributed by atoms with Gasteiger partial charge in [0.2, 0.25) is 0 Å². The summed E-state index contributed by atoms with van der Waals surface area (Å²) in [4.78, 5) is 39.3.